The van der Waals surface area contributed by atoms with Crippen molar-refractivity contribution in [3.63, 3.8) is 0 Å². The highest BCUT2D eigenvalue weighted by atomic mass is 32.2. The summed E-state index contributed by atoms with van der Waals surface area (Å²) >= 11 is 0. The predicted molar refractivity (Wildman–Crippen MR) is 96.4 cm³/mol. The Morgan fingerprint density at radius 1 is 0.667 bits per heavy atom. The molecule has 3 nitrogen and oxygen atoms in total. The summed E-state index contributed by atoms with van der Waals surface area (Å²) < 4.78 is 27.0. The molecule has 118 valence electrons. The molecule has 0 radical (unpaired) electrons. The Hall–Kier alpha value is -2.85. The highest BCUT2D eigenvalue weighted by Crippen LogP contribution is 2.27. The molecule has 0 aliphatic carbocycles. The van der Waals surface area contributed by atoms with Crippen LogP contribution in [0, 0.1) is 0 Å². The molecule has 1 aromatic heterocycles. The number of fused-ring (bicyclic) bond motifs is 1. The van der Waals surface area contributed by atoms with E-state index in [1.165, 1.54) is 3.97 Å². The molecule has 0 bridgehead atoms. The zero-order valence-corrected chi connectivity index (χ0v) is 13.6. The lowest BCUT2D eigenvalue weighted by Crippen LogP contribution is -2.11. The number of benzene rings is 3. The minimum Gasteiger partial charge on any atom is -0.241 e. The molecule has 0 atom stereocenters. The third-order valence-corrected chi connectivity index (χ3v) is 5.77. The lowest BCUT2D eigenvalue weighted by molar-refractivity contribution is 0.589. The lowest BCUT2D eigenvalue weighted by atomic mass is 10.0. The second-order valence-corrected chi connectivity index (χ2v) is 7.38. The average molecular weight is 333 g/mol. The molecule has 0 aliphatic rings. The van der Waals surface area contributed by atoms with Gasteiger partial charge in [-0.15, -0.1) is 0 Å². The summed E-state index contributed by atoms with van der Waals surface area (Å²) in [6.07, 6.45) is 1.61. The minimum absolute atomic E-state index is 0.287. The van der Waals surface area contributed by atoms with Crippen molar-refractivity contribution in [2.75, 3.05) is 0 Å². The van der Waals surface area contributed by atoms with Crippen LogP contribution in [0.25, 0.3) is 22.0 Å². The van der Waals surface area contributed by atoms with Gasteiger partial charge in [-0.3, -0.25) is 0 Å². The number of aromatic nitrogens is 1. The summed E-state index contributed by atoms with van der Waals surface area (Å²) in [5, 5.41) is 0.899. The highest BCUT2D eigenvalue weighted by molar-refractivity contribution is 7.90. The number of hydrogen-bond acceptors (Lipinski definition) is 2. The molecule has 0 saturated heterocycles. The number of nitrogens with zero attached hydrogens (tertiary/aromatic N) is 1. The zero-order valence-electron chi connectivity index (χ0n) is 12.8. The van der Waals surface area contributed by atoms with Crippen molar-refractivity contribution in [3.05, 3.63) is 91.1 Å². The Labute approximate surface area is 140 Å². The molecule has 4 rings (SSSR count). The van der Waals surface area contributed by atoms with Gasteiger partial charge in [0.2, 0.25) is 0 Å². The van der Waals surface area contributed by atoms with Gasteiger partial charge in [-0.2, -0.15) is 0 Å². The third kappa shape index (κ3) is 2.41. The van der Waals surface area contributed by atoms with Crippen molar-refractivity contribution in [2.24, 2.45) is 0 Å². The second kappa shape index (κ2) is 5.65. The quantitative estimate of drug-likeness (QED) is 0.552. The first kappa shape index (κ1) is 14.7. The van der Waals surface area contributed by atoms with Gasteiger partial charge >= 0.3 is 0 Å². The summed E-state index contributed by atoms with van der Waals surface area (Å²) in [7, 11) is -3.58. The molecule has 0 fully saturated rings. The molecule has 0 amide bonds. The molecule has 24 heavy (non-hydrogen) atoms. The van der Waals surface area contributed by atoms with E-state index in [1.807, 2.05) is 54.6 Å². The van der Waals surface area contributed by atoms with Crippen LogP contribution >= 0.6 is 0 Å². The monoisotopic (exact) mass is 333 g/mol. The van der Waals surface area contributed by atoms with Crippen molar-refractivity contribution in [3.8, 4) is 11.1 Å². The van der Waals surface area contributed by atoms with Gasteiger partial charge in [0.25, 0.3) is 10.0 Å². The average Bonchev–Trinajstić information content (AvgIpc) is 3.07. The molecule has 0 spiro atoms. The SMILES string of the molecule is O=S(=O)(c1ccccc1)n1ccc2cc(-c3ccccc3)ccc21. The van der Waals surface area contributed by atoms with E-state index in [4.69, 9.17) is 0 Å². The number of hydrogen-bond donors (Lipinski definition) is 0. The molecule has 4 heteroatoms. The summed E-state index contributed by atoms with van der Waals surface area (Å²) in [5.74, 6) is 0. The van der Waals surface area contributed by atoms with Gasteiger partial charge in [0.1, 0.15) is 0 Å². The Morgan fingerprint density at radius 3 is 2.04 bits per heavy atom. The maximum atomic E-state index is 12.8. The van der Waals surface area contributed by atoms with Crippen molar-refractivity contribution in [1.29, 1.82) is 0 Å². The van der Waals surface area contributed by atoms with Crippen LogP contribution in [0.5, 0.6) is 0 Å². The fraction of sp³-hybridized carbons (Fsp3) is 0. The summed E-state index contributed by atoms with van der Waals surface area (Å²) in [5.41, 5.74) is 2.86. The van der Waals surface area contributed by atoms with Crippen LogP contribution in [0.3, 0.4) is 0 Å². The van der Waals surface area contributed by atoms with Gasteiger partial charge in [0.05, 0.1) is 10.4 Å². The topological polar surface area (TPSA) is 39.1 Å². The van der Waals surface area contributed by atoms with Crippen LogP contribution < -0.4 is 0 Å². The first-order valence-electron chi connectivity index (χ1n) is 7.63. The van der Waals surface area contributed by atoms with E-state index in [1.54, 1.807) is 36.5 Å². The number of rotatable bonds is 3. The largest absolute Gasteiger partial charge is 0.268 e. The summed E-state index contributed by atoms with van der Waals surface area (Å²) in [6.45, 7) is 0. The molecule has 1 heterocycles. The van der Waals surface area contributed by atoms with Crippen LogP contribution in [0.1, 0.15) is 0 Å². The van der Waals surface area contributed by atoms with Gasteiger partial charge in [-0.25, -0.2) is 12.4 Å². The van der Waals surface area contributed by atoms with Gasteiger partial charge < -0.3 is 0 Å². The normalized spacial score (nSPS) is 11.7. The van der Waals surface area contributed by atoms with Crippen molar-refractivity contribution < 1.29 is 8.42 Å². The van der Waals surface area contributed by atoms with Crippen LogP contribution in [0.2, 0.25) is 0 Å². The summed E-state index contributed by atoms with van der Waals surface area (Å²) in [4.78, 5) is 0.287. The standard InChI is InChI=1S/C20H15NO2S/c22-24(23,19-9-5-2-6-10-19)21-14-13-18-15-17(11-12-20(18)21)16-7-3-1-4-8-16/h1-15H. The molecular weight excluding hydrogens is 318 g/mol. The van der Waals surface area contributed by atoms with Gasteiger partial charge in [-0.1, -0.05) is 54.6 Å². The smallest absolute Gasteiger partial charge is 0.241 e. The van der Waals surface area contributed by atoms with E-state index in [2.05, 4.69) is 0 Å². The van der Waals surface area contributed by atoms with Crippen LogP contribution in [0.15, 0.2) is 96.0 Å². The third-order valence-electron chi connectivity index (χ3n) is 4.06. The van der Waals surface area contributed by atoms with Crippen molar-refractivity contribution >= 4 is 20.9 Å². The molecule has 0 saturated carbocycles. The van der Waals surface area contributed by atoms with E-state index in [0.717, 1.165) is 16.5 Å². The zero-order chi connectivity index (χ0) is 16.6. The Bertz CT molecular complexity index is 1100. The minimum atomic E-state index is -3.58. The van der Waals surface area contributed by atoms with E-state index in [9.17, 15) is 8.42 Å². The van der Waals surface area contributed by atoms with E-state index in [-0.39, 0.29) is 4.90 Å². The second-order valence-electron chi connectivity index (χ2n) is 5.57. The van der Waals surface area contributed by atoms with E-state index in [0.29, 0.717) is 5.52 Å². The fourth-order valence-electron chi connectivity index (χ4n) is 2.84. The predicted octanol–water partition coefficient (Wildman–Crippen LogP) is 4.55. The van der Waals surface area contributed by atoms with Gasteiger partial charge in [-0.05, 0) is 41.5 Å². The van der Waals surface area contributed by atoms with E-state index < -0.39 is 10.0 Å². The first-order chi connectivity index (χ1) is 11.7. The van der Waals surface area contributed by atoms with E-state index >= 15 is 0 Å². The van der Waals surface area contributed by atoms with Crippen LogP contribution in [-0.2, 0) is 10.0 Å². The molecular formula is C20H15NO2S. The van der Waals surface area contributed by atoms with Crippen molar-refractivity contribution in [2.45, 2.75) is 4.90 Å². The van der Waals surface area contributed by atoms with Gasteiger partial charge in [0.15, 0.2) is 0 Å². The Kier molecular flexibility index (Phi) is 3.47. The highest BCUT2D eigenvalue weighted by Gasteiger charge is 2.18. The fourth-order valence-corrected chi connectivity index (χ4v) is 4.22. The van der Waals surface area contributed by atoms with Crippen LogP contribution in [-0.4, -0.2) is 12.4 Å². The summed E-state index contributed by atoms with van der Waals surface area (Å²) in [6, 6.07) is 26.2. The maximum Gasteiger partial charge on any atom is 0.268 e. The van der Waals surface area contributed by atoms with Gasteiger partial charge in [0, 0.05) is 11.6 Å². The Morgan fingerprint density at radius 2 is 1.33 bits per heavy atom. The maximum absolute atomic E-state index is 12.8. The molecule has 4 aromatic rings. The Balaban J connectivity index is 1.85. The van der Waals surface area contributed by atoms with Crippen LogP contribution in [0.4, 0.5) is 0 Å². The molecule has 0 aliphatic heterocycles. The molecule has 0 unspecified atom stereocenters. The van der Waals surface area contributed by atoms with Crippen molar-refractivity contribution in [1.82, 2.24) is 3.97 Å². The molecule has 3 aromatic carbocycles. The molecule has 0 N–H and O–H groups in total. The first-order valence-corrected chi connectivity index (χ1v) is 9.07. The lowest BCUT2D eigenvalue weighted by Gasteiger charge is -2.08.